The molecule has 0 aromatic heterocycles. The number of halogens is 1. The summed E-state index contributed by atoms with van der Waals surface area (Å²) in [5.74, 6) is -0.796. The lowest BCUT2D eigenvalue weighted by Gasteiger charge is -2.29. The van der Waals surface area contributed by atoms with Crippen LogP contribution in [0.25, 0.3) is 0 Å². The molecule has 1 atom stereocenters. The van der Waals surface area contributed by atoms with Gasteiger partial charge in [-0.15, -0.1) is 0 Å². The largest absolute Gasteiger partial charge is 0.481 e. The normalized spacial score (nSPS) is 28.1. The van der Waals surface area contributed by atoms with Crippen LogP contribution in [0.4, 0.5) is 5.69 Å². The highest BCUT2D eigenvalue weighted by Gasteiger charge is 2.35. The van der Waals surface area contributed by atoms with Crippen molar-refractivity contribution in [1.29, 1.82) is 0 Å². The molecule has 0 bridgehead atoms. The van der Waals surface area contributed by atoms with Crippen LogP contribution in [0.1, 0.15) is 32.1 Å². The van der Waals surface area contributed by atoms with Crippen molar-refractivity contribution < 1.29 is 14.7 Å². The van der Waals surface area contributed by atoms with Gasteiger partial charge in [-0.1, -0.05) is 22.0 Å². The average molecular weight is 381 g/mol. The van der Waals surface area contributed by atoms with E-state index in [2.05, 4.69) is 21.2 Å². The highest BCUT2D eigenvalue weighted by atomic mass is 79.9. The molecule has 1 heterocycles. The highest BCUT2D eigenvalue weighted by molar-refractivity contribution is 9.10. The summed E-state index contributed by atoms with van der Waals surface area (Å²) in [5.41, 5.74) is 0.920. The lowest BCUT2D eigenvalue weighted by atomic mass is 9.86. The number of benzene rings is 1. The van der Waals surface area contributed by atoms with Crippen LogP contribution in [0.2, 0.25) is 0 Å². The molecule has 0 radical (unpaired) electrons. The molecule has 2 fully saturated rings. The quantitative estimate of drug-likeness (QED) is 0.842. The fraction of sp³-hybridized carbons (Fsp3) is 0.529. The van der Waals surface area contributed by atoms with Crippen molar-refractivity contribution in [3.63, 3.8) is 0 Å². The molecule has 1 aromatic carbocycles. The molecule has 1 unspecified atom stereocenters. The van der Waals surface area contributed by atoms with Crippen molar-refractivity contribution in [3.05, 3.63) is 28.7 Å². The Morgan fingerprint density at radius 2 is 1.96 bits per heavy atom. The molecule has 1 aromatic rings. The molecule has 1 saturated heterocycles. The number of carboxylic acids is 1. The number of hydrogen-bond acceptors (Lipinski definition) is 3. The summed E-state index contributed by atoms with van der Waals surface area (Å²) in [5, 5.41) is 12.5. The van der Waals surface area contributed by atoms with Crippen molar-refractivity contribution in [3.8, 4) is 0 Å². The first-order valence-corrected chi connectivity index (χ1v) is 8.89. The van der Waals surface area contributed by atoms with Crippen LogP contribution in [0.15, 0.2) is 28.7 Å². The number of anilines is 1. The van der Waals surface area contributed by atoms with Gasteiger partial charge >= 0.3 is 5.97 Å². The van der Waals surface area contributed by atoms with Gasteiger partial charge in [-0.3, -0.25) is 9.59 Å². The Kier molecular flexibility index (Phi) is 5.02. The maximum atomic E-state index is 12.6. The van der Waals surface area contributed by atoms with E-state index in [0.29, 0.717) is 12.8 Å². The molecular formula is C17H21BrN2O3. The lowest BCUT2D eigenvalue weighted by molar-refractivity contribution is -0.143. The summed E-state index contributed by atoms with van der Waals surface area (Å²) in [4.78, 5) is 25.4. The summed E-state index contributed by atoms with van der Waals surface area (Å²) >= 11 is 3.44. The molecule has 2 N–H and O–H groups in total. The molecule has 3 rings (SSSR count). The number of nitrogens with one attached hydrogen (secondary N) is 1. The van der Waals surface area contributed by atoms with Gasteiger partial charge in [0.1, 0.15) is 0 Å². The average Bonchev–Trinajstić information content (AvgIpc) is 2.89. The van der Waals surface area contributed by atoms with E-state index in [9.17, 15) is 9.59 Å². The number of nitrogens with zero attached hydrogens (tertiary/aromatic N) is 1. The fourth-order valence-electron chi connectivity index (χ4n) is 3.53. The third-order valence-electron chi connectivity index (χ3n) is 4.84. The second-order valence-electron chi connectivity index (χ2n) is 6.36. The number of rotatable bonds is 4. The van der Waals surface area contributed by atoms with Crippen LogP contribution in [0, 0.1) is 5.92 Å². The minimum atomic E-state index is -0.693. The molecule has 5 nitrogen and oxygen atoms in total. The number of carbonyl (C=O) groups is 2. The van der Waals surface area contributed by atoms with Crippen LogP contribution in [0.3, 0.4) is 0 Å². The molecule has 124 valence electrons. The molecule has 1 saturated carbocycles. The fourth-order valence-corrected chi connectivity index (χ4v) is 3.91. The molecule has 23 heavy (non-hydrogen) atoms. The maximum Gasteiger partial charge on any atom is 0.306 e. The van der Waals surface area contributed by atoms with Crippen LogP contribution in [0.5, 0.6) is 0 Å². The predicted molar refractivity (Wildman–Crippen MR) is 91.4 cm³/mol. The Hall–Kier alpha value is -1.40. The number of amides is 1. The van der Waals surface area contributed by atoms with E-state index >= 15 is 0 Å². The zero-order valence-corrected chi connectivity index (χ0v) is 14.5. The molecule has 1 amide bonds. The second-order valence-corrected chi connectivity index (χ2v) is 7.28. The molecule has 1 aliphatic heterocycles. The lowest BCUT2D eigenvalue weighted by Crippen LogP contribution is -2.45. The van der Waals surface area contributed by atoms with Crippen LogP contribution in [-0.2, 0) is 9.59 Å². The highest BCUT2D eigenvalue weighted by Crippen LogP contribution is 2.28. The van der Waals surface area contributed by atoms with Gasteiger partial charge in [0.15, 0.2) is 0 Å². The van der Waals surface area contributed by atoms with Gasteiger partial charge in [0.25, 0.3) is 0 Å². The minimum Gasteiger partial charge on any atom is -0.481 e. The van der Waals surface area contributed by atoms with Crippen LogP contribution >= 0.6 is 15.9 Å². The van der Waals surface area contributed by atoms with Gasteiger partial charge in [0, 0.05) is 22.7 Å². The van der Waals surface area contributed by atoms with Crippen molar-refractivity contribution in [2.45, 2.75) is 44.2 Å². The minimum absolute atomic E-state index is 0.114. The maximum absolute atomic E-state index is 12.6. The van der Waals surface area contributed by atoms with E-state index in [0.717, 1.165) is 36.0 Å². The van der Waals surface area contributed by atoms with E-state index in [1.165, 1.54) is 0 Å². The Morgan fingerprint density at radius 3 is 2.61 bits per heavy atom. The Balaban J connectivity index is 1.57. The van der Waals surface area contributed by atoms with Gasteiger partial charge in [-0.25, -0.2) is 0 Å². The summed E-state index contributed by atoms with van der Waals surface area (Å²) in [7, 11) is 0. The number of carbonyl (C=O) groups excluding carboxylic acids is 1. The number of hydrogen-bond donors (Lipinski definition) is 2. The van der Waals surface area contributed by atoms with Crippen molar-refractivity contribution in [1.82, 2.24) is 5.32 Å². The zero-order chi connectivity index (χ0) is 16.4. The second kappa shape index (κ2) is 7.01. The summed E-state index contributed by atoms with van der Waals surface area (Å²) < 4.78 is 0.964. The van der Waals surface area contributed by atoms with Crippen molar-refractivity contribution in [2.24, 2.45) is 5.92 Å². The Labute approximate surface area is 144 Å². The topological polar surface area (TPSA) is 69.6 Å². The zero-order valence-electron chi connectivity index (χ0n) is 12.9. The smallest absolute Gasteiger partial charge is 0.306 e. The molecule has 6 heteroatoms. The van der Waals surface area contributed by atoms with Crippen LogP contribution < -0.4 is 10.2 Å². The van der Waals surface area contributed by atoms with E-state index in [-0.39, 0.29) is 23.9 Å². The van der Waals surface area contributed by atoms with Crippen molar-refractivity contribution in [2.75, 3.05) is 11.4 Å². The van der Waals surface area contributed by atoms with E-state index in [1.54, 1.807) is 0 Å². The third-order valence-corrected chi connectivity index (χ3v) is 5.33. The van der Waals surface area contributed by atoms with Gasteiger partial charge in [0.05, 0.1) is 12.0 Å². The first-order valence-electron chi connectivity index (χ1n) is 8.10. The molecule has 0 spiro atoms. The molecular weight excluding hydrogens is 360 g/mol. The van der Waals surface area contributed by atoms with Gasteiger partial charge in [-0.05, 0) is 50.3 Å². The van der Waals surface area contributed by atoms with Gasteiger partial charge in [0.2, 0.25) is 5.91 Å². The monoisotopic (exact) mass is 380 g/mol. The summed E-state index contributed by atoms with van der Waals surface area (Å²) in [6, 6.07) is 7.88. The number of aliphatic carboxylic acids is 1. The standard InChI is InChI=1S/C17H21BrN2O3/c18-12-2-1-3-14(10-12)20-9-8-15(16(20)21)19-13-6-4-11(5-7-13)17(22)23/h1-3,10-11,13,15,19H,4-9H2,(H,22,23). The van der Waals surface area contributed by atoms with Gasteiger partial charge in [-0.2, -0.15) is 0 Å². The molecule has 2 aliphatic rings. The number of carboxylic acid groups (broad SMARTS) is 1. The van der Waals surface area contributed by atoms with Gasteiger partial charge < -0.3 is 15.3 Å². The Morgan fingerprint density at radius 1 is 1.22 bits per heavy atom. The third kappa shape index (κ3) is 3.75. The van der Waals surface area contributed by atoms with Crippen LogP contribution in [-0.4, -0.2) is 35.6 Å². The van der Waals surface area contributed by atoms with Crippen molar-refractivity contribution >= 4 is 33.5 Å². The SMILES string of the molecule is O=C(O)C1CCC(NC2CCN(c3cccc(Br)c3)C2=O)CC1. The van der Waals surface area contributed by atoms with E-state index < -0.39 is 5.97 Å². The summed E-state index contributed by atoms with van der Waals surface area (Å²) in [6.45, 7) is 0.720. The predicted octanol–water partition coefficient (Wildman–Crippen LogP) is 2.79. The summed E-state index contributed by atoms with van der Waals surface area (Å²) in [6.07, 6.45) is 3.85. The first kappa shape index (κ1) is 16.5. The van der Waals surface area contributed by atoms with E-state index in [4.69, 9.17) is 5.11 Å². The first-order chi connectivity index (χ1) is 11.0. The Bertz CT molecular complexity index is 599. The molecule has 1 aliphatic carbocycles. The van der Waals surface area contributed by atoms with E-state index in [1.807, 2.05) is 29.2 Å².